The molecule has 2 N–H and O–H groups in total. The highest BCUT2D eigenvalue weighted by Crippen LogP contribution is 2.48. The maximum Gasteiger partial charge on any atom is 0.305 e. The second-order valence-corrected chi connectivity index (χ2v) is 10.2. The minimum atomic E-state index is -0.456. The summed E-state index contributed by atoms with van der Waals surface area (Å²) in [5.41, 5.74) is 0. The Morgan fingerprint density at radius 1 is 1.24 bits per heavy atom. The Hall–Kier alpha value is -1.76. The van der Waals surface area contributed by atoms with E-state index in [1.165, 1.54) is 7.11 Å². The molecule has 182 valence electrons. The molecule has 0 aromatic heterocycles. The van der Waals surface area contributed by atoms with Crippen molar-refractivity contribution < 1.29 is 24.5 Å². The summed E-state index contributed by atoms with van der Waals surface area (Å²) in [6, 6.07) is 10.2. The van der Waals surface area contributed by atoms with Gasteiger partial charge in [-0.3, -0.25) is 4.79 Å². The molecule has 0 radical (unpaired) electrons. The minimum Gasteiger partial charge on any atom is -0.493 e. The van der Waals surface area contributed by atoms with Gasteiger partial charge < -0.3 is 19.7 Å². The summed E-state index contributed by atoms with van der Waals surface area (Å²) in [6.07, 6.45) is 10.3. The van der Waals surface area contributed by atoms with E-state index in [0.29, 0.717) is 19.3 Å². The van der Waals surface area contributed by atoms with Gasteiger partial charge in [0.05, 0.1) is 19.3 Å². The van der Waals surface area contributed by atoms with Crippen LogP contribution < -0.4 is 0 Å². The number of allylic oxidation sites excluding steroid dienone is 2. The summed E-state index contributed by atoms with van der Waals surface area (Å²) in [5.74, 6) is 0.990. The Bertz CT molecular complexity index is 806. The van der Waals surface area contributed by atoms with Crippen LogP contribution in [0.4, 0.5) is 0 Å². The van der Waals surface area contributed by atoms with Gasteiger partial charge in [0.15, 0.2) is 0 Å². The summed E-state index contributed by atoms with van der Waals surface area (Å²) >= 11 is 1.70. The zero-order valence-corrected chi connectivity index (χ0v) is 20.6. The van der Waals surface area contributed by atoms with Gasteiger partial charge in [0.25, 0.3) is 0 Å². The van der Waals surface area contributed by atoms with Crippen LogP contribution in [0.1, 0.15) is 64.7 Å². The zero-order chi connectivity index (χ0) is 23.6. The Labute approximate surface area is 202 Å². The number of ether oxygens (including phenoxy) is 2. The average Bonchev–Trinajstić information content (AvgIpc) is 3.34. The smallest absolute Gasteiger partial charge is 0.305 e. The van der Waals surface area contributed by atoms with Gasteiger partial charge in [0.2, 0.25) is 0 Å². The van der Waals surface area contributed by atoms with Crippen LogP contribution in [-0.2, 0) is 14.3 Å². The molecule has 3 rings (SSSR count). The van der Waals surface area contributed by atoms with Crippen molar-refractivity contribution in [2.45, 2.75) is 87.9 Å². The van der Waals surface area contributed by atoms with Crippen molar-refractivity contribution in [1.82, 2.24) is 0 Å². The van der Waals surface area contributed by atoms with Crippen LogP contribution in [0.15, 0.2) is 58.0 Å². The average molecular weight is 475 g/mol. The van der Waals surface area contributed by atoms with Gasteiger partial charge in [-0.15, -0.1) is 0 Å². The van der Waals surface area contributed by atoms with Crippen LogP contribution in [0.5, 0.6) is 0 Å². The molecule has 1 saturated carbocycles. The SMILES string of the molecule is CCCCC[C@H](O)/C=C/[C@@H]1[C@H]2C/C(=C(/CCCC(=O)OC)Sc3ccccc3)O[C@H]2C[C@H]1O. The molecule has 1 saturated heterocycles. The first-order valence-corrected chi connectivity index (χ1v) is 13.1. The minimum absolute atomic E-state index is 0.00568. The number of fused-ring (bicyclic) bond motifs is 1. The summed E-state index contributed by atoms with van der Waals surface area (Å²) in [6.45, 7) is 2.15. The number of benzene rings is 1. The van der Waals surface area contributed by atoms with Crippen LogP contribution in [-0.4, -0.2) is 41.6 Å². The van der Waals surface area contributed by atoms with E-state index in [1.54, 1.807) is 11.8 Å². The second-order valence-electron chi connectivity index (χ2n) is 9.04. The first-order valence-electron chi connectivity index (χ1n) is 12.2. The third-order valence-corrected chi connectivity index (χ3v) is 7.76. The third kappa shape index (κ3) is 7.62. The topological polar surface area (TPSA) is 76.0 Å². The highest BCUT2D eigenvalue weighted by molar-refractivity contribution is 8.03. The number of methoxy groups -OCH3 is 1. The molecule has 1 aliphatic heterocycles. The number of hydrogen-bond acceptors (Lipinski definition) is 6. The quantitative estimate of drug-likeness (QED) is 0.177. The number of aliphatic hydroxyl groups excluding tert-OH is 2. The Balaban J connectivity index is 1.69. The van der Waals surface area contributed by atoms with Crippen LogP contribution in [0.3, 0.4) is 0 Å². The maximum absolute atomic E-state index is 11.6. The van der Waals surface area contributed by atoms with Crippen molar-refractivity contribution in [3.8, 4) is 0 Å². The lowest BCUT2D eigenvalue weighted by molar-refractivity contribution is -0.140. The molecule has 33 heavy (non-hydrogen) atoms. The molecule has 0 amide bonds. The van der Waals surface area contributed by atoms with Crippen molar-refractivity contribution in [2.24, 2.45) is 11.8 Å². The molecule has 1 aromatic carbocycles. The third-order valence-electron chi connectivity index (χ3n) is 6.57. The molecule has 0 bridgehead atoms. The lowest BCUT2D eigenvalue weighted by Crippen LogP contribution is -2.18. The second kappa shape index (κ2) is 13.2. The van der Waals surface area contributed by atoms with Crippen LogP contribution in [0.2, 0.25) is 0 Å². The van der Waals surface area contributed by atoms with Crippen molar-refractivity contribution in [1.29, 1.82) is 0 Å². The van der Waals surface area contributed by atoms with E-state index in [-0.39, 0.29) is 23.9 Å². The van der Waals surface area contributed by atoms with E-state index in [2.05, 4.69) is 19.1 Å². The monoisotopic (exact) mass is 474 g/mol. The molecule has 1 aliphatic carbocycles. The largest absolute Gasteiger partial charge is 0.493 e. The lowest BCUT2D eigenvalue weighted by Gasteiger charge is -2.17. The maximum atomic E-state index is 11.6. The first-order chi connectivity index (χ1) is 16.0. The number of esters is 1. The van der Waals surface area contributed by atoms with Gasteiger partial charge in [-0.25, -0.2) is 0 Å². The Morgan fingerprint density at radius 2 is 2.03 bits per heavy atom. The zero-order valence-electron chi connectivity index (χ0n) is 19.8. The highest BCUT2D eigenvalue weighted by Gasteiger charge is 2.47. The normalized spacial score (nSPS) is 26.8. The molecule has 0 unspecified atom stereocenters. The molecule has 2 aliphatic rings. The van der Waals surface area contributed by atoms with Gasteiger partial charge in [-0.2, -0.15) is 0 Å². The van der Waals surface area contributed by atoms with Crippen molar-refractivity contribution in [2.75, 3.05) is 7.11 Å². The highest BCUT2D eigenvalue weighted by atomic mass is 32.2. The number of carbonyl (C=O) groups is 1. The fraction of sp³-hybridized carbons (Fsp3) is 0.593. The fourth-order valence-corrected chi connectivity index (χ4v) is 5.80. The van der Waals surface area contributed by atoms with E-state index in [9.17, 15) is 15.0 Å². The van der Waals surface area contributed by atoms with Gasteiger partial charge >= 0.3 is 5.97 Å². The predicted octanol–water partition coefficient (Wildman–Crippen LogP) is 5.62. The Morgan fingerprint density at radius 3 is 2.76 bits per heavy atom. The van der Waals surface area contributed by atoms with Crippen molar-refractivity contribution >= 4 is 17.7 Å². The van der Waals surface area contributed by atoms with Crippen molar-refractivity contribution in [3.05, 3.63) is 53.1 Å². The van der Waals surface area contributed by atoms with Gasteiger partial charge in [0.1, 0.15) is 11.9 Å². The van der Waals surface area contributed by atoms with E-state index < -0.39 is 12.2 Å². The van der Waals surface area contributed by atoms with Gasteiger partial charge in [0, 0.05) is 40.9 Å². The molecular weight excluding hydrogens is 436 g/mol. The first kappa shape index (κ1) is 25.9. The fourth-order valence-electron chi connectivity index (χ4n) is 4.73. The number of thioether (sulfide) groups is 1. The van der Waals surface area contributed by atoms with E-state index in [0.717, 1.165) is 54.1 Å². The standard InChI is InChI=1S/C27H38O5S/c1-3-4-6-10-19(28)15-16-21-22-17-25(32-24(22)18-23(21)29)26(13-9-14-27(30)31-2)33-20-11-7-5-8-12-20/h5,7-8,11-12,15-16,19,21-24,28-29H,3-4,6,9-10,13-14,17-18H2,1-2H3/b16-15+,26-25+/t19-,21+,22+,23+,24-/m0/s1. The van der Waals surface area contributed by atoms with E-state index >= 15 is 0 Å². The number of carbonyl (C=O) groups excluding carboxylic acids is 1. The Kier molecular flexibility index (Phi) is 10.4. The molecule has 1 aromatic rings. The van der Waals surface area contributed by atoms with Gasteiger partial charge in [-0.1, -0.05) is 68.3 Å². The predicted molar refractivity (Wildman–Crippen MR) is 132 cm³/mol. The number of aliphatic hydroxyl groups is 2. The molecule has 1 heterocycles. The van der Waals surface area contributed by atoms with Gasteiger partial charge in [-0.05, 0) is 31.4 Å². The summed E-state index contributed by atoms with van der Waals surface area (Å²) in [5, 5.41) is 20.9. The summed E-state index contributed by atoms with van der Waals surface area (Å²) in [7, 11) is 1.42. The molecule has 6 heteroatoms. The molecule has 2 fully saturated rings. The number of hydrogen-bond donors (Lipinski definition) is 2. The molecule has 5 nitrogen and oxygen atoms in total. The van der Waals surface area contributed by atoms with E-state index in [4.69, 9.17) is 9.47 Å². The molecule has 0 spiro atoms. The lowest BCUT2D eigenvalue weighted by atomic mass is 9.90. The molecule has 5 atom stereocenters. The molecular formula is C27H38O5S. The van der Waals surface area contributed by atoms with E-state index in [1.807, 2.05) is 30.4 Å². The number of rotatable bonds is 12. The summed E-state index contributed by atoms with van der Waals surface area (Å²) in [4.78, 5) is 13.9. The summed E-state index contributed by atoms with van der Waals surface area (Å²) < 4.78 is 11.2. The number of unbranched alkanes of at least 4 members (excludes halogenated alkanes) is 2. The van der Waals surface area contributed by atoms with Crippen molar-refractivity contribution in [3.63, 3.8) is 0 Å². The van der Waals surface area contributed by atoms with Crippen LogP contribution in [0, 0.1) is 11.8 Å². The van der Waals surface area contributed by atoms with Crippen LogP contribution >= 0.6 is 11.8 Å². The van der Waals surface area contributed by atoms with Crippen LogP contribution in [0.25, 0.3) is 0 Å².